The highest BCUT2D eigenvalue weighted by Crippen LogP contribution is 2.42. The zero-order valence-corrected chi connectivity index (χ0v) is 17.2. The van der Waals surface area contributed by atoms with Crippen LogP contribution >= 0.6 is 0 Å². The smallest absolute Gasteiger partial charge is 0.253 e. The van der Waals surface area contributed by atoms with Gasteiger partial charge < -0.3 is 14.4 Å². The van der Waals surface area contributed by atoms with E-state index in [2.05, 4.69) is 4.98 Å². The molecule has 2 aromatic rings. The van der Waals surface area contributed by atoms with Crippen molar-refractivity contribution in [2.24, 2.45) is 5.92 Å². The van der Waals surface area contributed by atoms with Crippen molar-refractivity contribution in [1.29, 1.82) is 0 Å². The first kappa shape index (κ1) is 20.0. The molecular formula is C24H30N2O3. The highest BCUT2D eigenvalue weighted by molar-refractivity contribution is 5.94. The van der Waals surface area contributed by atoms with Gasteiger partial charge in [-0.2, -0.15) is 0 Å². The summed E-state index contributed by atoms with van der Waals surface area (Å²) in [7, 11) is 0. The predicted molar refractivity (Wildman–Crippen MR) is 112 cm³/mol. The summed E-state index contributed by atoms with van der Waals surface area (Å²) < 4.78 is 12.1. The van der Waals surface area contributed by atoms with E-state index in [1.807, 2.05) is 54.3 Å². The second-order valence-electron chi connectivity index (χ2n) is 8.22. The molecule has 5 nitrogen and oxygen atoms in total. The molecule has 5 heteroatoms. The molecule has 0 bridgehead atoms. The Hall–Kier alpha value is -2.24. The van der Waals surface area contributed by atoms with Gasteiger partial charge in [-0.3, -0.25) is 9.78 Å². The number of ether oxygens (including phenoxy) is 2. The van der Waals surface area contributed by atoms with E-state index >= 15 is 0 Å². The monoisotopic (exact) mass is 394 g/mol. The van der Waals surface area contributed by atoms with Crippen molar-refractivity contribution in [3.63, 3.8) is 0 Å². The van der Waals surface area contributed by atoms with Crippen molar-refractivity contribution in [1.82, 2.24) is 9.88 Å². The highest BCUT2D eigenvalue weighted by Gasteiger charge is 2.46. The number of hydrogen-bond acceptors (Lipinski definition) is 4. The lowest BCUT2D eigenvalue weighted by Gasteiger charge is -2.42. The second kappa shape index (κ2) is 9.06. The molecule has 1 atom stereocenters. The first-order valence-electron chi connectivity index (χ1n) is 10.6. The fraction of sp³-hybridized carbons (Fsp3) is 0.500. The molecule has 4 rings (SSSR count). The minimum absolute atomic E-state index is 0.0856. The fourth-order valence-corrected chi connectivity index (χ4v) is 4.68. The normalized spacial score (nSPS) is 20.9. The molecule has 2 fully saturated rings. The first-order valence-corrected chi connectivity index (χ1v) is 10.6. The van der Waals surface area contributed by atoms with E-state index in [1.54, 1.807) is 6.20 Å². The Labute approximate surface area is 173 Å². The number of carbonyl (C=O) groups is 1. The van der Waals surface area contributed by atoms with E-state index in [1.165, 1.54) is 0 Å². The van der Waals surface area contributed by atoms with Crippen molar-refractivity contribution in [3.8, 4) is 0 Å². The highest BCUT2D eigenvalue weighted by atomic mass is 16.5. The predicted octanol–water partition coefficient (Wildman–Crippen LogP) is 4.01. The zero-order chi connectivity index (χ0) is 20.1. The van der Waals surface area contributed by atoms with Crippen molar-refractivity contribution < 1.29 is 14.3 Å². The van der Waals surface area contributed by atoms with E-state index in [0.717, 1.165) is 68.8 Å². The number of benzene rings is 1. The standard InChI is InChI=1S/C24H30N2O3/c1-19-5-4-6-20(17-19)23(27)26-13-10-24(11-14-26)21(9-16-29-24)8-15-28-18-22-7-2-3-12-25-22/h2-7,12,17,21H,8-11,13-16,18H2,1H3/t21-/m1/s1. The molecule has 0 radical (unpaired) electrons. The molecule has 0 saturated carbocycles. The lowest BCUT2D eigenvalue weighted by atomic mass is 9.78. The van der Waals surface area contributed by atoms with Crippen LogP contribution < -0.4 is 0 Å². The summed E-state index contributed by atoms with van der Waals surface area (Å²) in [6.45, 7) is 5.64. The molecule has 1 aromatic carbocycles. The van der Waals surface area contributed by atoms with Crippen molar-refractivity contribution in [2.75, 3.05) is 26.3 Å². The number of nitrogens with zero attached hydrogens (tertiary/aromatic N) is 2. The number of hydrogen-bond donors (Lipinski definition) is 0. The van der Waals surface area contributed by atoms with Crippen LogP contribution in [0.25, 0.3) is 0 Å². The summed E-state index contributed by atoms with van der Waals surface area (Å²) in [5, 5.41) is 0. The van der Waals surface area contributed by atoms with Gasteiger partial charge in [-0.05, 0) is 62.8 Å². The third-order valence-corrected chi connectivity index (χ3v) is 6.35. The Kier molecular flexibility index (Phi) is 6.26. The van der Waals surface area contributed by atoms with E-state index in [4.69, 9.17) is 9.47 Å². The summed E-state index contributed by atoms with van der Waals surface area (Å²) in [5.74, 6) is 0.638. The van der Waals surface area contributed by atoms with Gasteiger partial charge in [0.2, 0.25) is 0 Å². The Morgan fingerprint density at radius 2 is 2.10 bits per heavy atom. The summed E-state index contributed by atoms with van der Waals surface area (Å²) >= 11 is 0. The molecular weight excluding hydrogens is 364 g/mol. The molecule has 2 aliphatic heterocycles. The van der Waals surface area contributed by atoms with Crippen LogP contribution in [0.15, 0.2) is 48.7 Å². The van der Waals surface area contributed by atoms with E-state index in [-0.39, 0.29) is 11.5 Å². The molecule has 0 unspecified atom stereocenters. The summed E-state index contributed by atoms with van der Waals surface area (Å²) in [6, 6.07) is 13.7. The number of amides is 1. The maximum absolute atomic E-state index is 12.8. The molecule has 1 spiro atoms. The Morgan fingerprint density at radius 3 is 2.86 bits per heavy atom. The van der Waals surface area contributed by atoms with E-state index < -0.39 is 0 Å². The maximum atomic E-state index is 12.8. The molecule has 1 amide bonds. The van der Waals surface area contributed by atoms with Gasteiger partial charge in [-0.25, -0.2) is 0 Å². The van der Waals surface area contributed by atoms with Crippen LogP contribution in [0.4, 0.5) is 0 Å². The van der Waals surface area contributed by atoms with Crippen molar-refractivity contribution in [2.45, 2.75) is 44.8 Å². The van der Waals surface area contributed by atoms with Crippen LogP contribution in [0.3, 0.4) is 0 Å². The second-order valence-corrected chi connectivity index (χ2v) is 8.22. The lowest BCUT2D eigenvalue weighted by Crippen LogP contribution is -2.49. The van der Waals surface area contributed by atoms with Crippen molar-refractivity contribution in [3.05, 3.63) is 65.5 Å². The minimum Gasteiger partial charge on any atom is -0.375 e. The zero-order valence-electron chi connectivity index (χ0n) is 17.2. The van der Waals surface area contributed by atoms with Crippen LogP contribution in [-0.4, -0.2) is 47.7 Å². The number of aryl methyl sites for hydroxylation is 1. The van der Waals surface area contributed by atoms with Gasteiger partial charge in [0, 0.05) is 38.1 Å². The quantitative estimate of drug-likeness (QED) is 0.695. The van der Waals surface area contributed by atoms with Gasteiger partial charge in [-0.1, -0.05) is 23.8 Å². The van der Waals surface area contributed by atoms with Gasteiger partial charge >= 0.3 is 0 Å². The van der Waals surface area contributed by atoms with Crippen LogP contribution in [-0.2, 0) is 16.1 Å². The number of piperidine rings is 1. The minimum atomic E-state index is -0.0856. The maximum Gasteiger partial charge on any atom is 0.253 e. The molecule has 3 heterocycles. The van der Waals surface area contributed by atoms with Gasteiger partial charge in [0.05, 0.1) is 17.9 Å². The first-order chi connectivity index (χ1) is 14.2. The Bertz CT molecular complexity index is 816. The van der Waals surface area contributed by atoms with Gasteiger partial charge in [0.15, 0.2) is 0 Å². The largest absolute Gasteiger partial charge is 0.375 e. The summed E-state index contributed by atoms with van der Waals surface area (Å²) in [4.78, 5) is 19.1. The fourth-order valence-electron chi connectivity index (χ4n) is 4.68. The lowest BCUT2D eigenvalue weighted by molar-refractivity contribution is -0.0675. The van der Waals surface area contributed by atoms with E-state index in [9.17, 15) is 4.79 Å². The van der Waals surface area contributed by atoms with E-state index in [0.29, 0.717) is 12.5 Å². The summed E-state index contributed by atoms with van der Waals surface area (Å²) in [5.41, 5.74) is 2.78. The molecule has 2 aliphatic rings. The number of rotatable bonds is 6. The Morgan fingerprint density at radius 1 is 1.24 bits per heavy atom. The summed E-state index contributed by atoms with van der Waals surface area (Å²) in [6.07, 6.45) is 5.70. The van der Waals surface area contributed by atoms with Crippen LogP contribution in [0.5, 0.6) is 0 Å². The van der Waals surface area contributed by atoms with Crippen LogP contribution in [0, 0.1) is 12.8 Å². The molecule has 2 saturated heterocycles. The SMILES string of the molecule is Cc1cccc(C(=O)N2CCC3(CC2)OCC[C@H]3CCOCc2ccccn2)c1. The Balaban J connectivity index is 1.28. The van der Waals surface area contributed by atoms with Crippen LogP contribution in [0.2, 0.25) is 0 Å². The van der Waals surface area contributed by atoms with Gasteiger partial charge in [-0.15, -0.1) is 0 Å². The van der Waals surface area contributed by atoms with Crippen molar-refractivity contribution >= 4 is 5.91 Å². The third-order valence-electron chi connectivity index (χ3n) is 6.35. The topological polar surface area (TPSA) is 51.7 Å². The number of aromatic nitrogens is 1. The number of likely N-dealkylation sites (tertiary alicyclic amines) is 1. The number of carbonyl (C=O) groups excluding carboxylic acids is 1. The molecule has 0 aliphatic carbocycles. The molecule has 29 heavy (non-hydrogen) atoms. The molecule has 154 valence electrons. The number of pyridine rings is 1. The van der Waals surface area contributed by atoms with Gasteiger partial charge in [0.1, 0.15) is 0 Å². The average molecular weight is 395 g/mol. The van der Waals surface area contributed by atoms with Gasteiger partial charge in [0.25, 0.3) is 5.91 Å². The third kappa shape index (κ3) is 4.68. The molecule has 1 aromatic heterocycles. The molecule has 0 N–H and O–H groups in total. The average Bonchev–Trinajstić information content (AvgIpc) is 3.14. The van der Waals surface area contributed by atoms with Crippen LogP contribution in [0.1, 0.15) is 47.3 Å².